The van der Waals surface area contributed by atoms with E-state index in [2.05, 4.69) is 141 Å². The number of hydrogen-bond donors (Lipinski definition) is 0. The minimum Gasteiger partial charge on any atom is -0.313 e. The summed E-state index contributed by atoms with van der Waals surface area (Å²) in [6.45, 7) is 4.78. The highest BCUT2D eigenvalue weighted by Gasteiger charge is 2.38. The van der Waals surface area contributed by atoms with Gasteiger partial charge in [-0.15, -0.1) is 0 Å². The van der Waals surface area contributed by atoms with Gasteiger partial charge in [-0.2, -0.15) is 0 Å². The lowest BCUT2D eigenvalue weighted by Crippen LogP contribution is -2.17. The van der Waals surface area contributed by atoms with Gasteiger partial charge in [0.2, 0.25) is 0 Å². The molecule has 0 unspecified atom stereocenters. The van der Waals surface area contributed by atoms with Gasteiger partial charge in [0.05, 0.1) is 11.0 Å². The number of benzene rings is 4. The summed E-state index contributed by atoms with van der Waals surface area (Å²) in [5, 5.41) is 2.56. The minimum absolute atomic E-state index is 0.0358. The van der Waals surface area contributed by atoms with Crippen LogP contribution >= 0.6 is 31.9 Å². The van der Waals surface area contributed by atoms with E-state index in [0.29, 0.717) is 0 Å². The number of halogens is 2. The molecule has 0 atom stereocenters. The van der Waals surface area contributed by atoms with Gasteiger partial charge in [0.1, 0.15) is 0 Å². The zero-order valence-electron chi connectivity index (χ0n) is 20.3. The van der Waals surface area contributed by atoms with Crippen LogP contribution in [0.1, 0.15) is 37.8 Å². The third kappa shape index (κ3) is 3.26. The maximum absolute atomic E-state index is 3.69. The summed E-state index contributed by atoms with van der Waals surface area (Å²) in [6, 6.07) is 31.1. The summed E-state index contributed by atoms with van der Waals surface area (Å²) in [5.41, 5.74) is 12.3. The van der Waals surface area contributed by atoms with Crippen molar-refractivity contribution in [1.82, 2.24) is 4.57 Å². The largest absolute Gasteiger partial charge is 0.313 e. The average Bonchev–Trinajstić information content (AvgIpc) is 3.32. The molecule has 3 heteroatoms. The van der Waals surface area contributed by atoms with E-state index in [9.17, 15) is 0 Å². The van der Waals surface area contributed by atoms with Crippen LogP contribution in [-0.2, 0) is 5.41 Å². The molecule has 5 aromatic rings. The minimum atomic E-state index is -0.0358. The highest BCUT2D eigenvalue weighted by molar-refractivity contribution is 9.10. The number of rotatable bonds is 2. The van der Waals surface area contributed by atoms with Crippen LogP contribution < -0.4 is 0 Å². The van der Waals surface area contributed by atoms with Crippen LogP contribution in [0.4, 0.5) is 0 Å². The molecule has 0 amide bonds. The van der Waals surface area contributed by atoms with Crippen molar-refractivity contribution in [2.24, 2.45) is 0 Å². The third-order valence-corrected chi connectivity index (χ3v) is 9.03. The van der Waals surface area contributed by atoms with E-state index in [0.717, 1.165) is 21.8 Å². The van der Waals surface area contributed by atoms with Gasteiger partial charge in [0.25, 0.3) is 0 Å². The second kappa shape index (κ2) is 8.06. The second-order valence-corrected chi connectivity index (χ2v) is 12.3. The molecular formula is C33H25Br2N. The fourth-order valence-corrected chi connectivity index (χ4v) is 7.01. The molecule has 0 fully saturated rings. The number of aromatic nitrogens is 1. The molecule has 176 valence electrons. The van der Waals surface area contributed by atoms with Gasteiger partial charge in [0, 0.05) is 30.8 Å². The van der Waals surface area contributed by atoms with Crippen molar-refractivity contribution in [3.63, 3.8) is 0 Å². The Labute approximate surface area is 228 Å². The molecule has 0 saturated carbocycles. The predicted molar refractivity (Wildman–Crippen MR) is 160 cm³/mol. The van der Waals surface area contributed by atoms with E-state index in [1.54, 1.807) is 0 Å². The van der Waals surface area contributed by atoms with E-state index in [-0.39, 0.29) is 5.41 Å². The van der Waals surface area contributed by atoms with Crippen LogP contribution in [0.5, 0.6) is 0 Å². The molecule has 36 heavy (non-hydrogen) atoms. The first-order valence-electron chi connectivity index (χ1n) is 12.5. The summed E-state index contributed by atoms with van der Waals surface area (Å²) in [7, 11) is 0. The van der Waals surface area contributed by atoms with E-state index in [4.69, 9.17) is 0 Å². The standard InChI is InChI=1S/C33H25Br2N/c1-33(2)29-16-21(20-6-4-3-5-7-20)8-12-25(29)26-13-11-24(19-30(26)33)36-31-14-9-22(34)17-27(31)28-18-23(35)10-15-32(28)36/h3-10,12,14-19H,11,13H2,1-2H3. The Morgan fingerprint density at radius 3 is 2.03 bits per heavy atom. The topological polar surface area (TPSA) is 4.93 Å². The molecule has 0 radical (unpaired) electrons. The maximum Gasteiger partial charge on any atom is 0.0538 e. The van der Waals surface area contributed by atoms with Crippen molar-refractivity contribution in [1.29, 1.82) is 0 Å². The van der Waals surface area contributed by atoms with Gasteiger partial charge in [-0.05, 0) is 94.8 Å². The molecule has 0 bridgehead atoms. The normalized spacial score (nSPS) is 16.4. The lowest BCUT2D eigenvalue weighted by atomic mass is 9.79. The highest BCUT2D eigenvalue weighted by atomic mass is 79.9. The van der Waals surface area contributed by atoms with Gasteiger partial charge >= 0.3 is 0 Å². The molecule has 0 N–H and O–H groups in total. The predicted octanol–water partition coefficient (Wildman–Crippen LogP) is 10.4. The highest BCUT2D eigenvalue weighted by Crippen LogP contribution is 2.52. The average molecular weight is 595 g/mol. The lowest BCUT2D eigenvalue weighted by molar-refractivity contribution is 0.651. The Morgan fingerprint density at radius 1 is 0.694 bits per heavy atom. The third-order valence-electron chi connectivity index (χ3n) is 8.04. The van der Waals surface area contributed by atoms with Crippen molar-refractivity contribution >= 4 is 64.9 Å². The van der Waals surface area contributed by atoms with Crippen LogP contribution in [0.15, 0.2) is 106 Å². The van der Waals surface area contributed by atoms with Crippen molar-refractivity contribution in [3.8, 4) is 11.1 Å². The van der Waals surface area contributed by atoms with E-state index < -0.39 is 0 Å². The number of nitrogens with zero attached hydrogens (tertiary/aromatic N) is 1. The molecule has 7 rings (SSSR count). The number of allylic oxidation sites excluding steroid dienone is 4. The smallest absolute Gasteiger partial charge is 0.0538 e. The van der Waals surface area contributed by atoms with Crippen molar-refractivity contribution in [2.45, 2.75) is 32.1 Å². The Hall–Kier alpha value is -2.88. The Balaban J connectivity index is 1.40. The Bertz CT molecular complexity index is 1710. The first kappa shape index (κ1) is 22.3. The first-order valence-corrected chi connectivity index (χ1v) is 14.0. The number of fused-ring (bicyclic) bond motifs is 5. The monoisotopic (exact) mass is 593 g/mol. The maximum atomic E-state index is 3.69. The fourth-order valence-electron chi connectivity index (χ4n) is 6.28. The van der Waals surface area contributed by atoms with Gasteiger partial charge < -0.3 is 4.57 Å². The lowest BCUT2D eigenvalue weighted by Gasteiger charge is -2.26. The zero-order chi connectivity index (χ0) is 24.6. The summed E-state index contributed by atoms with van der Waals surface area (Å²) in [6.07, 6.45) is 4.58. The van der Waals surface area contributed by atoms with Crippen molar-refractivity contribution in [3.05, 3.63) is 117 Å². The molecule has 1 heterocycles. The molecule has 0 spiro atoms. The summed E-state index contributed by atoms with van der Waals surface area (Å²) in [5.74, 6) is 0. The van der Waals surface area contributed by atoms with Crippen LogP contribution in [0.2, 0.25) is 0 Å². The summed E-state index contributed by atoms with van der Waals surface area (Å²) >= 11 is 7.38. The molecule has 4 aromatic carbocycles. The van der Waals surface area contributed by atoms with Gasteiger partial charge in [-0.3, -0.25) is 0 Å². The molecular weight excluding hydrogens is 570 g/mol. The summed E-state index contributed by atoms with van der Waals surface area (Å²) in [4.78, 5) is 0. The van der Waals surface area contributed by atoms with Crippen LogP contribution in [0.25, 0.3) is 44.2 Å². The molecule has 1 nitrogen and oxygen atoms in total. The van der Waals surface area contributed by atoms with Crippen molar-refractivity contribution in [2.75, 3.05) is 0 Å². The van der Waals surface area contributed by atoms with E-state index in [1.165, 1.54) is 60.9 Å². The molecule has 0 aliphatic heterocycles. The quantitative estimate of drug-likeness (QED) is 0.191. The van der Waals surface area contributed by atoms with Crippen LogP contribution in [0.3, 0.4) is 0 Å². The van der Waals surface area contributed by atoms with Gasteiger partial charge in [-0.1, -0.05) is 88.2 Å². The van der Waals surface area contributed by atoms with Gasteiger partial charge in [-0.25, -0.2) is 0 Å². The molecule has 1 aromatic heterocycles. The fraction of sp³-hybridized carbons (Fsp3) is 0.152. The van der Waals surface area contributed by atoms with Gasteiger partial charge in [0.15, 0.2) is 0 Å². The van der Waals surface area contributed by atoms with Crippen LogP contribution in [-0.4, -0.2) is 4.57 Å². The number of hydrogen-bond acceptors (Lipinski definition) is 0. The van der Waals surface area contributed by atoms with E-state index >= 15 is 0 Å². The van der Waals surface area contributed by atoms with Crippen LogP contribution in [0, 0.1) is 0 Å². The van der Waals surface area contributed by atoms with Crippen molar-refractivity contribution < 1.29 is 0 Å². The second-order valence-electron chi connectivity index (χ2n) is 10.4. The molecule has 2 aliphatic rings. The Kier molecular flexibility index (Phi) is 5.00. The molecule has 2 aliphatic carbocycles. The van der Waals surface area contributed by atoms with E-state index in [1.807, 2.05) is 0 Å². The Morgan fingerprint density at radius 2 is 1.36 bits per heavy atom. The SMILES string of the molecule is CC1(C)C2=C(CCC(n3c4ccc(Br)cc4c4cc(Br)ccc43)=C2)c2ccc(-c3ccccc3)cc21. The molecule has 0 saturated heterocycles. The first-order chi connectivity index (χ1) is 17.4. The summed E-state index contributed by atoms with van der Waals surface area (Å²) < 4.78 is 4.71. The zero-order valence-corrected chi connectivity index (χ0v) is 23.4.